The van der Waals surface area contributed by atoms with Gasteiger partial charge in [-0.25, -0.2) is 4.79 Å². The summed E-state index contributed by atoms with van der Waals surface area (Å²) >= 11 is 0. The highest BCUT2D eigenvalue weighted by Crippen LogP contribution is 2.09. The maximum atomic E-state index is 11.1. The van der Waals surface area contributed by atoms with Crippen molar-refractivity contribution in [2.24, 2.45) is 5.73 Å². The smallest absolute Gasteiger partial charge is 0.334 e. The lowest BCUT2D eigenvalue weighted by atomic mass is 10.2. The third-order valence-corrected chi connectivity index (χ3v) is 1.90. The van der Waals surface area contributed by atoms with Gasteiger partial charge >= 0.3 is 5.97 Å². The standard InChI is InChI=1S/C12H16N2O2/c1-3-16-12(15)8-11(13)14-10-6-4-9(2)5-7-10/h4-8,14H,3,13H2,1-2H3. The summed E-state index contributed by atoms with van der Waals surface area (Å²) < 4.78 is 4.73. The van der Waals surface area contributed by atoms with Crippen molar-refractivity contribution in [1.82, 2.24) is 0 Å². The summed E-state index contributed by atoms with van der Waals surface area (Å²) in [5.41, 5.74) is 7.63. The van der Waals surface area contributed by atoms with E-state index >= 15 is 0 Å². The molecule has 0 fully saturated rings. The van der Waals surface area contributed by atoms with Gasteiger partial charge in [-0.05, 0) is 26.0 Å². The minimum atomic E-state index is -0.445. The lowest BCUT2D eigenvalue weighted by Gasteiger charge is -2.06. The second-order valence-electron chi connectivity index (χ2n) is 3.34. The summed E-state index contributed by atoms with van der Waals surface area (Å²) in [7, 11) is 0. The van der Waals surface area contributed by atoms with Gasteiger partial charge in [0.2, 0.25) is 0 Å². The summed E-state index contributed by atoms with van der Waals surface area (Å²) in [6.45, 7) is 4.09. The van der Waals surface area contributed by atoms with Gasteiger partial charge in [0.15, 0.2) is 0 Å². The number of carbonyl (C=O) groups excluding carboxylic acids is 1. The lowest BCUT2D eigenvalue weighted by molar-refractivity contribution is -0.137. The SMILES string of the molecule is CCOC(=O)C=C(N)Nc1ccc(C)cc1. The van der Waals surface area contributed by atoms with Gasteiger partial charge in [0.25, 0.3) is 0 Å². The van der Waals surface area contributed by atoms with Gasteiger partial charge in [0.05, 0.1) is 12.7 Å². The Labute approximate surface area is 95.1 Å². The fourth-order valence-corrected chi connectivity index (χ4v) is 1.15. The van der Waals surface area contributed by atoms with Gasteiger partial charge in [-0.1, -0.05) is 17.7 Å². The summed E-state index contributed by atoms with van der Waals surface area (Å²) in [6.07, 6.45) is 1.23. The fourth-order valence-electron chi connectivity index (χ4n) is 1.15. The van der Waals surface area contributed by atoms with Crippen molar-refractivity contribution >= 4 is 11.7 Å². The number of ether oxygens (including phenoxy) is 1. The zero-order valence-corrected chi connectivity index (χ0v) is 9.49. The maximum Gasteiger partial charge on any atom is 0.334 e. The van der Waals surface area contributed by atoms with Crippen LogP contribution in [0.25, 0.3) is 0 Å². The van der Waals surface area contributed by atoms with Crippen LogP contribution in [0.5, 0.6) is 0 Å². The van der Waals surface area contributed by atoms with Gasteiger partial charge in [-0.15, -0.1) is 0 Å². The first kappa shape index (κ1) is 12.1. The Morgan fingerprint density at radius 2 is 2.06 bits per heavy atom. The van der Waals surface area contributed by atoms with Crippen molar-refractivity contribution in [2.45, 2.75) is 13.8 Å². The maximum absolute atomic E-state index is 11.1. The first-order valence-electron chi connectivity index (χ1n) is 5.09. The molecule has 0 amide bonds. The number of anilines is 1. The monoisotopic (exact) mass is 220 g/mol. The minimum absolute atomic E-state index is 0.266. The van der Waals surface area contributed by atoms with Gasteiger partial charge in [0.1, 0.15) is 5.82 Å². The van der Waals surface area contributed by atoms with Crippen molar-refractivity contribution in [3.05, 3.63) is 41.7 Å². The first-order chi connectivity index (χ1) is 7.61. The Hall–Kier alpha value is -1.97. The van der Waals surface area contributed by atoms with Crippen molar-refractivity contribution < 1.29 is 9.53 Å². The van der Waals surface area contributed by atoms with Crippen LogP contribution in [-0.4, -0.2) is 12.6 Å². The number of carbonyl (C=O) groups is 1. The molecule has 1 aromatic carbocycles. The van der Waals surface area contributed by atoms with Crippen LogP contribution >= 0.6 is 0 Å². The predicted octanol–water partition coefficient (Wildman–Crippen LogP) is 1.77. The number of hydrogen-bond acceptors (Lipinski definition) is 4. The largest absolute Gasteiger partial charge is 0.463 e. The molecule has 16 heavy (non-hydrogen) atoms. The average molecular weight is 220 g/mol. The number of nitrogens with one attached hydrogen (secondary N) is 1. The van der Waals surface area contributed by atoms with Crippen LogP contribution in [0.2, 0.25) is 0 Å². The van der Waals surface area contributed by atoms with Crippen molar-refractivity contribution in [3.63, 3.8) is 0 Å². The molecule has 0 atom stereocenters. The van der Waals surface area contributed by atoms with E-state index in [0.29, 0.717) is 6.61 Å². The molecule has 0 aromatic heterocycles. The van der Waals surface area contributed by atoms with Gasteiger partial charge in [0, 0.05) is 5.69 Å². The van der Waals surface area contributed by atoms with E-state index in [1.807, 2.05) is 31.2 Å². The van der Waals surface area contributed by atoms with Crippen molar-refractivity contribution in [2.75, 3.05) is 11.9 Å². The van der Waals surface area contributed by atoms with E-state index in [9.17, 15) is 4.79 Å². The molecular weight excluding hydrogens is 204 g/mol. The summed E-state index contributed by atoms with van der Waals surface area (Å²) in [5.74, 6) is -0.179. The molecule has 0 aliphatic heterocycles. The third-order valence-electron chi connectivity index (χ3n) is 1.90. The molecule has 0 radical (unpaired) electrons. The van der Waals surface area contributed by atoms with Crippen LogP contribution < -0.4 is 11.1 Å². The van der Waals surface area contributed by atoms with E-state index in [1.165, 1.54) is 11.6 Å². The zero-order valence-electron chi connectivity index (χ0n) is 9.49. The van der Waals surface area contributed by atoms with Crippen LogP contribution in [0.4, 0.5) is 5.69 Å². The van der Waals surface area contributed by atoms with E-state index in [-0.39, 0.29) is 5.82 Å². The van der Waals surface area contributed by atoms with Crippen LogP contribution in [0.15, 0.2) is 36.2 Å². The minimum Gasteiger partial charge on any atom is -0.463 e. The lowest BCUT2D eigenvalue weighted by Crippen LogP contribution is -2.12. The molecule has 86 valence electrons. The molecule has 0 saturated carbocycles. The fraction of sp³-hybridized carbons (Fsp3) is 0.250. The molecule has 0 aliphatic rings. The van der Waals surface area contributed by atoms with Crippen molar-refractivity contribution in [1.29, 1.82) is 0 Å². The quantitative estimate of drug-likeness (QED) is 0.599. The summed E-state index contributed by atoms with van der Waals surface area (Å²) in [5, 5.41) is 2.90. The summed E-state index contributed by atoms with van der Waals surface area (Å²) in [6, 6.07) is 7.70. The van der Waals surface area contributed by atoms with E-state index in [0.717, 1.165) is 5.69 Å². The Kier molecular flexibility index (Phi) is 4.39. The summed E-state index contributed by atoms with van der Waals surface area (Å²) in [4.78, 5) is 11.1. The topological polar surface area (TPSA) is 64.3 Å². The molecule has 4 nitrogen and oxygen atoms in total. The highest BCUT2D eigenvalue weighted by molar-refractivity contribution is 5.83. The van der Waals surface area contributed by atoms with Crippen molar-refractivity contribution in [3.8, 4) is 0 Å². The first-order valence-corrected chi connectivity index (χ1v) is 5.09. The van der Waals surface area contributed by atoms with E-state index in [1.54, 1.807) is 6.92 Å². The molecule has 0 aliphatic carbocycles. The molecular formula is C12H16N2O2. The zero-order chi connectivity index (χ0) is 12.0. The Morgan fingerprint density at radius 3 is 2.62 bits per heavy atom. The van der Waals surface area contributed by atoms with Crippen LogP contribution in [0, 0.1) is 6.92 Å². The number of esters is 1. The molecule has 4 heteroatoms. The molecule has 1 rings (SSSR count). The second-order valence-corrected chi connectivity index (χ2v) is 3.34. The normalized spacial score (nSPS) is 11.0. The molecule has 0 saturated heterocycles. The third kappa shape index (κ3) is 4.04. The van der Waals surface area contributed by atoms with Crippen LogP contribution in [0.1, 0.15) is 12.5 Å². The second kappa shape index (κ2) is 5.80. The van der Waals surface area contributed by atoms with Crippen LogP contribution in [-0.2, 0) is 9.53 Å². The Bertz CT molecular complexity index is 383. The van der Waals surface area contributed by atoms with E-state index < -0.39 is 5.97 Å². The number of hydrogen-bond donors (Lipinski definition) is 2. The average Bonchev–Trinajstić information content (AvgIpc) is 2.21. The molecule has 0 bridgehead atoms. The predicted molar refractivity (Wildman–Crippen MR) is 63.7 cm³/mol. The van der Waals surface area contributed by atoms with Gasteiger partial charge < -0.3 is 15.8 Å². The number of benzene rings is 1. The number of aryl methyl sites for hydroxylation is 1. The van der Waals surface area contributed by atoms with Gasteiger partial charge in [-0.2, -0.15) is 0 Å². The van der Waals surface area contributed by atoms with Gasteiger partial charge in [-0.3, -0.25) is 0 Å². The highest BCUT2D eigenvalue weighted by Gasteiger charge is 1.99. The van der Waals surface area contributed by atoms with E-state index in [4.69, 9.17) is 10.5 Å². The molecule has 0 unspecified atom stereocenters. The Morgan fingerprint density at radius 1 is 1.44 bits per heavy atom. The van der Waals surface area contributed by atoms with Crippen LogP contribution in [0.3, 0.4) is 0 Å². The highest BCUT2D eigenvalue weighted by atomic mass is 16.5. The van der Waals surface area contributed by atoms with E-state index in [2.05, 4.69) is 5.32 Å². The number of nitrogens with two attached hydrogens (primary N) is 1. The number of rotatable bonds is 4. The molecule has 0 spiro atoms. The molecule has 3 N–H and O–H groups in total. The Balaban J connectivity index is 2.60. The molecule has 0 heterocycles. The molecule has 1 aromatic rings.